The van der Waals surface area contributed by atoms with Crippen molar-refractivity contribution in [1.82, 2.24) is 14.8 Å². The molecule has 0 aliphatic carbocycles. The van der Waals surface area contributed by atoms with Crippen LogP contribution in [0.2, 0.25) is 0 Å². The number of hydrogen-bond donors (Lipinski definition) is 1. The largest absolute Gasteiger partial charge is 0.476 e. The first kappa shape index (κ1) is 11.6. The summed E-state index contributed by atoms with van der Waals surface area (Å²) in [6.07, 6.45) is 3.70. The molecular formula is C10H12N4O2S. The highest BCUT2D eigenvalue weighted by Gasteiger charge is 2.12. The van der Waals surface area contributed by atoms with Gasteiger partial charge in [-0.05, 0) is 0 Å². The molecule has 1 N–H and O–H groups in total. The zero-order chi connectivity index (χ0) is 12.4. The molecule has 0 radical (unpaired) electrons. The van der Waals surface area contributed by atoms with Gasteiger partial charge in [0.1, 0.15) is 0 Å². The number of rotatable bonds is 4. The molecule has 0 aliphatic heterocycles. The number of aromatic nitrogens is 3. The summed E-state index contributed by atoms with van der Waals surface area (Å²) in [7, 11) is 3.73. The molecule has 0 aromatic carbocycles. The third-order valence-electron chi connectivity index (χ3n) is 2.22. The number of carbonyl (C=O) groups is 1. The van der Waals surface area contributed by atoms with Crippen LogP contribution in [0.5, 0.6) is 0 Å². The maximum atomic E-state index is 10.7. The Labute approximate surface area is 102 Å². The summed E-state index contributed by atoms with van der Waals surface area (Å²) in [5.41, 5.74) is 1.14. The average Bonchev–Trinajstić information content (AvgIpc) is 2.86. The second-order valence-corrected chi connectivity index (χ2v) is 4.54. The monoisotopic (exact) mass is 252 g/mol. The van der Waals surface area contributed by atoms with Crippen LogP contribution in [0.15, 0.2) is 17.8 Å². The Morgan fingerprint density at radius 1 is 1.65 bits per heavy atom. The predicted octanol–water partition coefficient (Wildman–Crippen LogP) is 1.21. The van der Waals surface area contributed by atoms with Gasteiger partial charge in [0.05, 0.1) is 6.20 Å². The summed E-state index contributed by atoms with van der Waals surface area (Å²) >= 11 is 1.32. The molecule has 0 aliphatic rings. The van der Waals surface area contributed by atoms with Crippen LogP contribution in [0.3, 0.4) is 0 Å². The molecule has 0 spiro atoms. The first-order valence-electron chi connectivity index (χ1n) is 4.94. The van der Waals surface area contributed by atoms with Crippen molar-refractivity contribution < 1.29 is 9.90 Å². The minimum Gasteiger partial charge on any atom is -0.476 e. The van der Waals surface area contributed by atoms with E-state index < -0.39 is 5.97 Å². The molecule has 6 nitrogen and oxygen atoms in total. The fraction of sp³-hybridized carbons (Fsp3) is 0.300. The summed E-state index contributed by atoms with van der Waals surface area (Å²) < 4.78 is 1.73. The van der Waals surface area contributed by atoms with E-state index in [1.807, 2.05) is 25.2 Å². The lowest BCUT2D eigenvalue weighted by Gasteiger charge is -2.13. The van der Waals surface area contributed by atoms with E-state index in [9.17, 15) is 4.79 Å². The summed E-state index contributed by atoms with van der Waals surface area (Å²) in [6.45, 7) is 0.653. The van der Waals surface area contributed by atoms with Crippen LogP contribution in [-0.4, -0.2) is 32.9 Å². The quantitative estimate of drug-likeness (QED) is 0.885. The van der Waals surface area contributed by atoms with E-state index >= 15 is 0 Å². The SMILES string of the molecule is CN(Cc1cnn(C)c1)c1nc(C(=O)O)cs1. The van der Waals surface area contributed by atoms with Crippen molar-refractivity contribution in [1.29, 1.82) is 0 Å². The Bertz CT molecular complexity index is 534. The summed E-state index contributed by atoms with van der Waals surface area (Å²) in [5.74, 6) is -0.998. The molecule has 0 fully saturated rings. The van der Waals surface area contributed by atoms with Gasteiger partial charge in [-0.3, -0.25) is 4.68 Å². The first-order valence-corrected chi connectivity index (χ1v) is 5.81. The molecule has 0 amide bonds. The zero-order valence-electron chi connectivity index (χ0n) is 9.49. The Morgan fingerprint density at radius 3 is 2.94 bits per heavy atom. The summed E-state index contributed by atoms with van der Waals surface area (Å²) in [5, 5.41) is 15.1. The molecule has 2 heterocycles. The number of aryl methyl sites for hydroxylation is 1. The molecule has 17 heavy (non-hydrogen) atoms. The molecular weight excluding hydrogens is 240 g/mol. The van der Waals surface area contributed by atoms with Gasteiger partial charge in [-0.25, -0.2) is 9.78 Å². The highest BCUT2D eigenvalue weighted by atomic mass is 32.1. The fourth-order valence-corrected chi connectivity index (χ4v) is 2.20. The average molecular weight is 252 g/mol. The van der Waals surface area contributed by atoms with Crippen LogP contribution >= 0.6 is 11.3 Å². The maximum absolute atomic E-state index is 10.7. The van der Waals surface area contributed by atoms with Crippen LogP contribution in [-0.2, 0) is 13.6 Å². The van der Waals surface area contributed by atoms with E-state index in [0.29, 0.717) is 11.7 Å². The number of carboxylic acids is 1. The van der Waals surface area contributed by atoms with Gasteiger partial charge in [-0.15, -0.1) is 11.3 Å². The minimum absolute atomic E-state index is 0.0861. The standard InChI is InChI=1S/C10H12N4O2S/c1-13(4-7-3-11-14(2)5-7)10-12-8(6-17-10)9(15)16/h3,5-6H,4H2,1-2H3,(H,15,16). The van der Waals surface area contributed by atoms with Gasteiger partial charge in [0.15, 0.2) is 10.8 Å². The second-order valence-electron chi connectivity index (χ2n) is 3.70. The van der Waals surface area contributed by atoms with Gasteiger partial charge in [0.25, 0.3) is 0 Å². The fourth-order valence-electron chi connectivity index (χ4n) is 1.43. The minimum atomic E-state index is -0.998. The van der Waals surface area contributed by atoms with Crippen LogP contribution < -0.4 is 4.90 Å². The first-order chi connectivity index (χ1) is 8.06. The Morgan fingerprint density at radius 2 is 2.41 bits per heavy atom. The number of anilines is 1. The topological polar surface area (TPSA) is 71.2 Å². The van der Waals surface area contributed by atoms with Gasteiger partial charge < -0.3 is 10.0 Å². The molecule has 2 rings (SSSR count). The molecule has 0 saturated carbocycles. The van der Waals surface area contributed by atoms with E-state index in [0.717, 1.165) is 5.56 Å². The van der Waals surface area contributed by atoms with Gasteiger partial charge in [0.2, 0.25) is 0 Å². The second kappa shape index (κ2) is 4.54. The zero-order valence-corrected chi connectivity index (χ0v) is 10.3. The van der Waals surface area contributed by atoms with Crippen LogP contribution in [0, 0.1) is 0 Å². The molecule has 7 heteroatoms. The number of carboxylic acid groups (broad SMARTS) is 1. The van der Waals surface area contributed by atoms with Gasteiger partial charge in [0, 0.05) is 37.8 Å². The summed E-state index contributed by atoms with van der Waals surface area (Å²) in [4.78, 5) is 16.6. The van der Waals surface area contributed by atoms with Crippen molar-refractivity contribution in [3.8, 4) is 0 Å². The molecule has 0 saturated heterocycles. The highest BCUT2D eigenvalue weighted by molar-refractivity contribution is 7.13. The molecule has 0 unspecified atom stereocenters. The van der Waals surface area contributed by atoms with E-state index in [4.69, 9.17) is 5.11 Å². The third-order valence-corrected chi connectivity index (χ3v) is 3.17. The lowest BCUT2D eigenvalue weighted by molar-refractivity contribution is 0.0691. The normalized spacial score (nSPS) is 10.5. The van der Waals surface area contributed by atoms with Crippen LogP contribution in [0.25, 0.3) is 0 Å². The summed E-state index contributed by atoms with van der Waals surface area (Å²) in [6, 6.07) is 0. The van der Waals surface area contributed by atoms with Crippen LogP contribution in [0.1, 0.15) is 16.1 Å². The lowest BCUT2D eigenvalue weighted by atomic mass is 10.3. The smallest absolute Gasteiger partial charge is 0.355 e. The predicted molar refractivity (Wildman–Crippen MR) is 64.4 cm³/mol. The van der Waals surface area contributed by atoms with E-state index in [-0.39, 0.29) is 5.69 Å². The van der Waals surface area contributed by atoms with Crippen molar-refractivity contribution in [2.75, 3.05) is 11.9 Å². The number of thiazole rings is 1. The van der Waals surface area contributed by atoms with Crippen molar-refractivity contribution in [3.05, 3.63) is 29.0 Å². The van der Waals surface area contributed by atoms with Gasteiger partial charge in [-0.2, -0.15) is 5.10 Å². The van der Waals surface area contributed by atoms with Gasteiger partial charge >= 0.3 is 5.97 Å². The van der Waals surface area contributed by atoms with Crippen molar-refractivity contribution >= 4 is 22.4 Å². The Hall–Kier alpha value is -1.89. The van der Waals surface area contributed by atoms with Gasteiger partial charge in [-0.1, -0.05) is 0 Å². The van der Waals surface area contributed by atoms with Crippen molar-refractivity contribution in [2.24, 2.45) is 7.05 Å². The Kier molecular flexibility index (Phi) is 3.10. The molecule has 0 atom stereocenters. The third kappa shape index (κ3) is 2.62. The number of hydrogen-bond acceptors (Lipinski definition) is 5. The maximum Gasteiger partial charge on any atom is 0.355 e. The molecule has 90 valence electrons. The van der Waals surface area contributed by atoms with Crippen molar-refractivity contribution in [2.45, 2.75) is 6.54 Å². The molecule has 2 aromatic rings. The number of nitrogens with zero attached hydrogens (tertiary/aromatic N) is 4. The number of aromatic carboxylic acids is 1. The van der Waals surface area contributed by atoms with E-state index in [1.165, 1.54) is 16.7 Å². The van der Waals surface area contributed by atoms with Crippen molar-refractivity contribution in [3.63, 3.8) is 0 Å². The highest BCUT2D eigenvalue weighted by Crippen LogP contribution is 2.20. The Balaban J connectivity index is 2.08. The van der Waals surface area contributed by atoms with E-state index in [2.05, 4.69) is 10.1 Å². The molecule has 2 aromatic heterocycles. The van der Waals surface area contributed by atoms with E-state index in [1.54, 1.807) is 10.9 Å². The lowest BCUT2D eigenvalue weighted by Crippen LogP contribution is -2.16. The molecule has 0 bridgehead atoms. The van der Waals surface area contributed by atoms with Crippen LogP contribution in [0.4, 0.5) is 5.13 Å².